The van der Waals surface area contributed by atoms with E-state index in [-0.39, 0.29) is 5.82 Å². The third-order valence-corrected chi connectivity index (χ3v) is 3.45. The van der Waals surface area contributed by atoms with E-state index >= 15 is 0 Å². The second-order valence-electron chi connectivity index (χ2n) is 3.88. The molecular formula is C12H10FN3S. The van der Waals surface area contributed by atoms with Crippen LogP contribution in [0.15, 0.2) is 24.5 Å². The average Bonchev–Trinajstić information content (AvgIpc) is 2.80. The van der Waals surface area contributed by atoms with Gasteiger partial charge in [-0.05, 0) is 26.0 Å². The predicted octanol–water partition coefficient (Wildman–Crippen LogP) is 3.21. The zero-order chi connectivity index (χ0) is 12.0. The van der Waals surface area contributed by atoms with Crippen LogP contribution in [0, 0.1) is 19.7 Å². The van der Waals surface area contributed by atoms with Gasteiger partial charge in [0.15, 0.2) is 0 Å². The van der Waals surface area contributed by atoms with E-state index in [4.69, 9.17) is 0 Å². The molecule has 0 atom stereocenters. The normalized spacial score (nSPS) is 11.2. The molecule has 0 spiro atoms. The van der Waals surface area contributed by atoms with Crippen molar-refractivity contribution >= 4 is 17.0 Å². The third kappa shape index (κ3) is 1.72. The molecule has 0 radical (unpaired) electrons. The first kappa shape index (κ1) is 10.4. The number of aromatic nitrogens is 3. The molecule has 86 valence electrons. The minimum atomic E-state index is -0.271. The maximum absolute atomic E-state index is 13.1. The molecule has 0 fully saturated rings. The molecule has 0 aliphatic heterocycles. The predicted molar refractivity (Wildman–Crippen MR) is 65.7 cm³/mol. The van der Waals surface area contributed by atoms with Gasteiger partial charge in [-0.1, -0.05) is 0 Å². The number of rotatable bonds is 1. The topological polar surface area (TPSA) is 30.2 Å². The molecule has 3 heterocycles. The van der Waals surface area contributed by atoms with Gasteiger partial charge >= 0.3 is 0 Å². The molecule has 17 heavy (non-hydrogen) atoms. The number of nitrogens with zero attached hydrogens (tertiary/aromatic N) is 3. The third-order valence-electron chi connectivity index (χ3n) is 2.56. The van der Waals surface area contributed by atoms with Crippen molar-refractivity contribution in [2.24, 2.45) is 0 Å². The van der Waals surface area contributed by atoms with Gasteiger partial charge in [0.1, 0.15) is 22.9 Å². The van der Waals surface area contributed by atoms with E-state index in [1.807, 2.05) is 13.8 Å². The summed E-state index contributed by atoms with van der Waals surface area (Å²) < 4.78 is 14.7. The summed E-state index contributed by atoms with van der Waals surface area (Å²) in [6, 6.07) is 3.07. The van der Waals surface area contributed by atoms with Gasteiger partial charge < -0.3 is 4.40 Å². The van der Waals surface area contributed by atoms with Crippen LogP contribution in [0.1, 0.15) is 9.88 Å². The summed E-state index contributed by atoms with van der Waals surface area (Å²) in [5.74, 6) is -0.271. The highest BCUT2D eigenvalue weighted by Crippen LogP contribution is 2.26. The Labute approximate surface area is 102 Å². The number of imidazole rings is 1. The lowest BCUT2D eigenvalue weighted by Gasteiger charge is -1.90. The Bertz CT molecular complexity index is 699. The fourth-order valence-corrected chi connectivity index (χ4v) is 2.67. The molecule has 3 aromatic heterocycles. The molecule has 0 amide bonds. The van der Waals surface area contributed by atoms with Crippen molar-refractivity contribution < 1.29 is 4.39 Å². The van der Waals surface area contributed by atoms with Crippen molar-refractivity contribution in [2.75, 3.05) is 0 Å². The van der Waals surface area contributed by atoms with E-state index < -0.39 is 0 Å². The minimum absolute atomic E-state index is 0.271. The van der Waals surface area contributed by atoms with Gasteiger partial charge in [-0.15, -0.1) is 11.3 Å². The van der Waals surface area contributed by atoms with Crippen LogP contribution in [-0.4, -0.2) is 14.4 Å². The molecular weight excluding hydrogens is 237 g/mol. The summed E-state index contributed by atoms with van der Waals surface area (Å²) in [5.41, 5.74) is 2.40. The summed E-state index contributed by atoms with van der Waals surface area (Å²) in [4.78, 5) is 10.0. The Morgan fingerprint density at radius 2 is 2.00 bits per heavy atom. The maximum Gasteiger partial charge on any atom is 0.139 e. The first-order valence-corrected chi connectivity index (χ1v) is 6.04. The van der Waals surface area contributed by atoms with Crippen molar-refractivity contribution in [1.82, 2.24) is 14.4 Å². The van der Waals surface area contributed by atoms with Crippen molar-refractivity contribution in [2.45, 2.75) is 13.8 Å². The van der Waals surface area contributed by atoms with Gasteiger partial charge in [0.2, 0.25) is 0 Å². The second-order valence-corrected chi connectivity index (χ2v) is 5.28. The van der Waals surface area contributed by atoms with Gasteiger partial charge in [-0.3, -0.25) is 0 Å². The molecule has 0 N–H and O–H groups in total. The number of hydrogen-bond acceptors (Lipinski definition) is 3. The second kappa shape index (κ2) is 3.63. The van der Waals surface area contributed by atoms with E-state index in [2.05, 4.69) is 9.97 Å². The van der Waals surface area contributed by atoms with Crippen molar-refractivity contribution in [1.29, 1.82) is 0 Å². The lowest BCUT2D eigenvalue weighted by molar-refractivity contribution is 0.619. The summed E-state index contributed by atoms with van der Waals surface area (Å²) in [6.45, 7) is 3.99. The lowest BCUT2D eigenvalue weighted by atomic mass is 10.3. The number of thiazole rings is 1. The van der Waals surface area contributed by atoms with Crippen LogP contribution in [0.3, 0.4) is 0 Å². The van der Waals surface area contributed by atoms with E-state index in [1.165, 1.54) is 12.3 Å². The van der Waals surface area contributed by atoms with E-state index in [0.29, 0.717) is 0 Å². The van der Waals surface area contributed by atoms with E-state index in [9.17, 15) is 4.39 Å². The van der Waals surface area contributed by atoms with E-state index in [1.54, 1.807) is 28.0 Å². The Morgan fingerprint density at radius 1 is 1.18 bits per heavy atom. The largest absolute Gasteiger partial charge is 0.303 e. The highest BCUT2D eigenvalue weighted by atomic mass is 32.1. The number of pyridine rings is 1. The molecule has 0 aliphatic carbocycles. The molecule has 5 heteroatoms. The van der Waals surface area contributed by atoms with Gasteiger partial charge in [-0.25, -0.2) is 14.4 Å². The molecule has 0 unspecified atom stereocenters. The summed E-state index contributed by atoms with van der Waals surface area (Å²) >= 11 is 1.64. The van der Waals surface area contributed by atoms with Crippen LogP contribution in [0.5, 0.6) is 0 Å². The Hall–Kier alpha value is -1.75. The Balaban J connectivity index is 2.21. The fourth-order valence-electron chi connectivity index (χ4n) is 1.85. The number of fused-ring (bicyclic) bond motifs is 1. The standard InChI is InChI=1S/C12H10FN3S/c1-7-12(14-8(2)17-7)10-6-16-5-9(13)3-4-11(16)15-10/h3-6H,1-2H3. The molecule has 0 bridgehead atoms. The van der Waals surface area contributed by atoms with Crippen LogP contribution >= 0.6 is 11.3 Å². The highest BCUT2D eigenvalue weighted by Gasteiger charge is 2.11. The molecule has 3 nitrogen and oxygen atoms in total. The van der Waals surface area contributed by atoms with Crippen LogP contribution in [0.4, 0.5) is 4.39 Å². The summed E-state index contributed by atoms with van der Waals surface area (Å²) in [5, 5.41) is 1.01. The smallest absolute Gasteiger partial charge is 0.139 e. The van der Waals surface area contributed by atoms with Crippen molar-refractivity contribution in [3.05, 3.63) is 40.2 Å². The van der Waals surface area contributed by atoms with Crippen LogP contribution in [-0.2, 0) is 0 Å². The van der Waals surface area contributed by atoms with Gasteiger partial charge in [0.05, 0.1) is 5.01 Å². The number of halogens is 1. The number of aryl methyl sites for hydroxylation is 2. The van der Waals surface area contributed by atoms with Gasteiger partial charge in [0, 0.05) is 17.3 Å². The fraction of sp³-hybridized carbons (Fsp3) is 0.167. The first-order valence-electron chi connectivity index (χ1n) is 5.22. The van der Waals surface area contributed by atoms with Gasteiger partial charge in [-0.2, -0.15) is 0 Å². The lowest BCUT2D eigenvalue weighted by Crippen LogP contribution is -1.83. The summed E-state index contributed by atoms with van der Waals surface area (Å²) in [6.07, 6.45) is 3.22. The Morgan fingerprint density at radius 3 is 2.71 bits per heavy atom. The van der Waals surface area contributed by atoms with Gasteiger partial charge in [0.25, 0.3) is 0 Å². The monoisotopic (exact) mass is 247 g/mol. The average molecular weight is 247 g/mol. The zero-order valence-electron chi connectivity index (χ0n) is 9.44. The van der Waals surface area contributed by atoms with Crippen molar-refractivity contribution in [3.63, 3.8) is 0 Å². The SMILES string of the molecule is Cc1nc(-c2cn3cc(F)ccc3n2)c(C)s1. The van der Waals surface area contributed by atoms with Crippen LogP contribution in [0.2, 0.25) is 0 Å². The summed E-state index contributed by atoms with van der Waals surface area (Å²) in [7, 11) is 0. The quantitative estimate of drug-likeness (QED) is 0.661. The highest BCUT2D eigenvalue weighted by molar-refractivity contribution is 7.11. The molecule has 0 aromatic carbocycles. The van der Waals surface area contributed by atoms with Crippen LogP contribution in [0.25, 0.3) is 17.0 Å². The minimum Gasteiger partial charge on any atom is -0.303 e. The van der Waals surface area contributed by atoms with Crippen LogP contribution < -0.4 is 0 Å². The molecule has 3 aromatic rings. The first-order chi connectivity index (χ1) is 8.13. The zero-order valence-corrected chi connectivity index (χ0v) is 10.3. The molecule has 0 saturated heterocycles. The number of hydrogen-bond donors (Lipinski definition) is 0. The molecule has 0 saturated carbocycles. The van der Waals surface area contributed by atoms with E-state index in [0.717, 1.165) is 26.9 Å². The molecule has 0 aliphatic rings. The molecule has 3 rings (SSSR count). The maximum atomic E-state index is 13.1. The Kier molecular flexibility index (Phi) is 2.22. The van der Waals surface area contributed by atoms with Crippen molar-refractivity contribution in [3.8, 4) is 11.4 Å².